The van der Waals surface area contributed by atoms with E-state index in [0.29, 0.717) is 10.8 Å². The Hall–Kier alpha value is -2.53. The van der Waals surface area contributed by atoms with Crippen molar-refractivity contribution < 1.29 is 4.79 Å². The van der Waals surface area contributed by atoms with Crippen molar-refractivity contribution in [2.75, 3.05) is 5.32 Å². The second-order valence-corrected chi connectivity index (χ2v) is 9.96. The fraction of sp³-hybridized carbons (Fsp3) is 0.417. The molecule has 2 heterocycles. The highest BCUT2D eigenvalue weighted by atomic mass is 35.5. The summed E-state index contributed by atoms with van der Waals surface area (Å²) in [6.45, 7) is 10.8. The number of halogens is 1. The largest absolute Gasteiger partial charge is 0.310 e. The maximum Gasteiger partial charge on any atom is 0.238 e. The molecule has 154 valence electrons. The summed E-state index contributed by atoms with van der Waals surface area (Å²) in [6, 6.07) is 7.63. The number of anilines is 1. The van der Waals surface area contributed by atoms with Crippen LogP contribution in [0.25, 0.3) is 11.0 Å². The van der Waals surface area contributed by atoms with E-state index in [1.165, 1.54) is 11.1 Å². The molecule has 30 heavy (non-hydrogen) atoms. The zero-order chi connectivity index (χ0) is 21.5. The van der Waals surface area contributed by atoms with Gasteiger partial charge < -0.3 is 5.32 Å². The smallest absolute Gasteiger partial charge is 0.238 e. The molecule has 2 aliphatic carbocycles. The van der Waals surface area contributed by atoms with Crippen LogP contribution in [0, 0.1) is 19.3 Å². The highest BCUT2D eigenvalue weighted by Crippen LogP contribution is 2.70. The van der Waals surface area contributed by atoms with Crippen LogP contribution in [-0.4, -0.2) is 20.9 Å². The van der Waals surface area contributed by atoms with Crippen LogP contribution in [-0.2, 0) is 15.6 Å². The van der Waals surface area contributed by atoms with Gasteiger partial charge in [-0.05, 0) is 67.5 Å². The zero-order valence-corrected chi connectivity index (χ0v) is 18.7. The molecule has 2 unspecified atom stereocenters. The summed E-state index contributed by atoms with van der Waals surface area (Å²) in [5.74, 6) is 0.430. The number of pyridine rings is 1. The van der Waals surface area contributed by atoms with Crippen molar-refractivity contribution in [2.24, 2.45) is 5.41 Å². The van der Waals surface area contributed by atoms with Gasteiger partial charge in [-0.2, -0.15) is 0 Å². The number of amides is 1. The zero-order valence-electron chi connectivity index (χ0n) is 17.9. The van der Waals surface area contributed by atoms with E-state index in [2.05, 4.69) is 57.1 Å². The van der Waals surface area contributed by atoms with Crippen LogP contribution in [0.5, 0.6) is 0 Å². The summed E-state index contributed by atoms with van der Waals surface area (Å²) in [6.07, 6.45) is 3.19. The number of hydrogen-bond acceptors (Lipinski definition) is 4. The van der Waals surface area contributed by atoms with E-state index < -0.39 is 5.41 Å². The molecule has 0 saturated heterocycles. The van der Waals surface area contributed by atoms with Gasteiger partial charge in [0.1, 0.15) is 5.82 Å². The summed E-state index contributed by atoms with van der Waals surface area (Å²) < 4.78 is 0. The van der Waals surface area contributed by atoms with Crippen molar-refractivity contribution >= 4 is 34.4 Å². The fourth-order valence-corrected chi connectivity index (χ4v) is 5.65. The highest BCUT2D eigenvalue weighted by molar-refractivity contribution is 6.30. The number of benzene rings is 1. The summed E-state index contributed by atoms with van der Waals surface area (Å²) in [4.78, 5) is 28.2. The van der Waals surface area contributed by atoms with Gasteiger partial charge in [0.15, 0.2) is 0 Å². The molecule has 1 N–H and O–H groups in total. The van der Waals surface area contributed by atoms with Gasteiger partial charge in [-0.25, -0.2) is 15.0 Å². The Bertz CT molecular complexity index is 1220. The Morgan fingerprint density at radius 2 is 1.63 bits per heavy atom. The van der Waals surface area contributed by atoms with Crippen LogP contribution < -0.4 is 5.32 Å². The van der Waals surface area contributed by atoms with E-state index in [0.717, 1.165) is 35.3 Å². The predicted molar refractivity (Wildman–Crippen MR) is 119 cm³/mol. The third-order valence-corrected chi connectivity index (χ3v) is 8.23. The van der Waals surface area contributed by atoms with Gasteiger partial charge in [0.25, 0.3) is 0 Å². The number of nitrogens with one attached hydrogen (secondary N) is 1. The number of nitrogens with zero attached hydrogens (tertiary/aromatic N) is 3. The van der Waals surface area contributed by atoms with Crippen LogP contribution in [0.4, 0.5) is 5.82 Å². The van der Waals surface area contributed by atoms with Crippen LogP contribution in [0.1, 0.15) is 56.1 Å². The molecular weight excluding hydrogens is 396 g/mol. The Morgan fingerprint density at radius 1 is 1.00 bits per heavy atom. The molecule has 6 heteroatoms. The van der Waals surface area contributed by atoms with Gasteiger partial charge in [-0.3, -0.25) is 4.79 Å². The number of carbonyl (C=O) groups excluding carboxylic acids is 1. The Balaban J connectivity index is 1.70. The lowest BCUT2D eigenvalue weighted by Crippen LogP contribution is -2.48. The van der Waals surface area contributed by atoms with Crippen molar-refractivity contribution in [3.8, 4) is 0 Å². The molecule has 2 aliphatic rings. The normalized spacial score (nSPS) is 26.1. The van der Waals surface area contributed by atoms with Crippen molar-refractivity contribution in [2.45, 2.75) is 58.3 Å². The highest BCUT2D eigenvalue weighted by Gasteiger charge is 2.73. The van der Waals surface area contributed by atoms with E-state index in [1.54, 1.807) is 18.3 Å². The predicted octanol–water partition coefficient (Wildman–Crippen LogP) is 5.26. The monoisotopic (exact) mass is 420 g/mol. The van der Waals surface area contributed by atoms with Gasteiger partial charge >= 0.3 is 0 Å². The average Bonchev–Trinajstić information content (AvgIpc) is 2.99. The van der Waals surface area contributed by atoms with Gasteiger partial charge in [0.2, 0.25) is 5.91 Å². The molecule has 1 amide bonds. The third kappa shape index (κ3) is 2.24. The minimum Gasteiger partial charge on any atom is -0.310 e. The Morgan fingerprint density at radius 3 is 2.23 bits per heavy atom. The molecule has 1 aromatic carbocycles. The number of carbonyl (C=O) groups is 1. The van der Waals surface area contributed by atoms with Crippen molar-refractivity contribution in [1.82, 2.24) is 15.0 Å². The molecule has 2 aromatic heterocycles. The number of aryl methyl sites for hydroxylation is 2. The van der Waals surface area contributed by atoms with E-state index in [1.807, 2.05) is 0 Å². The second kappa shape index (κ2) is 6.01. The Kier molecular flexibility index (Phi) is 3.89. The minimum atomic E-state index is -0.752. The van der Waals surface area contributed by atoms with Gasteiger partial charge in [-0.1, -0.05) is 32.4 Å². The van der Waals surface area contributed by atoms with Gasteiger partial charge in [0, 0.05) is 11.6 Å². The van der Waals surface area contributed by atoms with Crippen molar-refractivity contribution in [3.05, 3.63) is 58.0 Å². The van der Waals surface area contributed by atoms with Gasteiger partial charge in [0.05, 0.1) is 32.9 Å². The van der Waals surface area contributed by atoms with E-state index in [-0.39, 0.29) is 16.7 Å². The first kappa shape index (κ1) is 19.4. The van der Waals surface area contributed by atoms with Crippen molar-refractivity contribution in [3.63, 3.8) is 0 Å². The molecule has 5 rings (SSSR count). The minimum absolute atomic E-state index is 0.0673. The molecule has 2 bridgehead atoms. The molecular formula is C24H25ClN4O. The van der Waals surface area contributed by atoms with E-state index in [4.69, 9.17) is 21.6 Å². The summed E-state index contributed by atoms with van der Waals surface area (Å²) in [5, 5.41) is 3.57. The summed E-state index contributed by atoms with van der Waals surface area (Å²) >= 11 is 5.95. The lowest BCUT2D eigenvalue weighted by molar-refractivity contribution is -0.125. The van der Waals surface area contributed by atoms with Crippen LogP contribution in [0.2, 0.25) is 5.02 Å². The maximum atomic E-state index is 13.8. The molecule has 0 radical (unpaired) electrons. The number of rotatable bonds is 2. The number of aromatic nitrogens is 3. The Labute approximate surface area is 181 Å². The molecule has 2 atom stereocenters. The third-order valence-electron chi connectivity index (χ3n) is 8.01. The standard InChI is InChI=1S/C24H25ClN4O/c1-13-10-16-17(11-14(13)2)28-20-19(27-16)23(5)8-9-24(20,22(23,3)4)21(30)29-18-7-6-15(25)12-26-18/h6-7,10-12H,8-9H2,1-5H3,(H,26,29,30). The first-order valence-corrected chi connectivity index (χ1v) is 10.7. The first-order chi connectivity index (χ1) is 14.1. The lowest BCUT2D eigenvalue weighted by Gasteiger charge is -2.39. The molecule has 3 aromatic rings. The molecule has 0 aliphatic heterocycles. The maximum absolute atomic E-state index is 13.8. The van der Waals surface area contributed by atoms with Crippen LogP contribution in [0.15, 0.2) is 30.5 Å². The van der Waals surface area contributed by atoms with E-state index >= 15 is 0 Å². The number of hydrogen-bond donors (Lipinski definition) is 1. The first-order valence-electron chi connectivity index (χ1n) is 10.3. The quantitative estimate of drug-likeness (QED) is 0.613. The van der Waals surface area contributed by atoms with Crippen LogP contribution >= 0.6 is 11.6 Å². The summed E-state index contributed by atoms with van der Waals surface area (Å²) in [7, 11) is 0. The molecule has 0 spiro atoms. The summed E-state index contributed by atoms with van der Waals surface area (Å²) in [5.41, 5.74) is 4.61. The average molecular weight is 421 g/mol. The van der Waals surface area contributed by atoms with E-state index in [9.17, 15) is 4.79 Å². The number of fused-ring (bicyclic) bond motifs is 6. The lowest BCUT2D eigenvalue weighted by atomic mass is 9.63. The SMILES string of the molecule is Cc1cc2nc3c(nc2cc1C)C1(C(=O)Nc2ccc(Cl)cn2)CCC3(C)C1(C)C. The topological polar surface area (TPSA) is 67.8 Å². The molecule has 1 fully saturated rings. The van der Waals surface area contributed by atoms with Gasteiger partial charge in [-0.15, -0.1) is 0 Å². The second-order valence-electron chi connectivity index (χ2n) is 9.52. The van der Waals surface area contributed by atoms with Crippen molar-refractivity contribution in [1.29, 1.82) is 0 Å². The van der Waals surface area contributed by atoms with Crippen LogP contribution in [0.3, 0.4) is 0 Å². The molecule has 5 nitrogen and oxygen atoms in total. The fourth-order valence-electron chi connectivity index (χ4n) is 5.53. The molecule has 1 saturated carbocycles.